The van der Waals surface area contributed by atoms with E-state index in [1.807, 2.05) is 5.38 Å². The average Bonchev–Trinajstić information content (AvgIpc) is 2.88. The van der Waals surface area contributed by atoms with E-state index in [1.54, 1.807) is 29.7 Å². The summed E-state index contributed by atoms with van der Waals surface area (Å²) in [5.41, 5.74) is 0.559. The summed E-state index contributed by atoms with van der Waals surface area (Å²) in [6.45, 7) is 4.67. The topological polar surface area (TPSA) is 24.9 Å². The van der Waals surface area contributed by atoms with Crippen LogP contribution in [0.2, 0.25) is 15.1 Å². The zero-order valence-electron chi connectivity index (χ0n) is 10.5. The molecule has 1 aromatic heterocycles. The van der Waals surface area contributed by atoms with E-state index in [4.69, 9.17) is 34.8 Å². The molecule has 102 valence electrons. The number of nitrogens with zero attached hydrogens (tertiary/aromatic N) is 1. The van der Waals surface area contributed by atoms with Gasteiger partial charge in [0.25, 0.3) is 0 Å². The van der Waals surface area contributed by atoms with Crippen LogP contribution in [-0.4, -0.2) is 4.98 Å². The number of hydrogen-bond acceptors (Lipinski definition) is 3. The molecule has 6 heteroatoms. The Morgan fingerprint density at radius 2 is 1.89 bits per heavy atom. The first kappa shape index (κ1) is 15.1. The predicted molar refractivity (Wildman–Crippen MR) is 83.5 cm³/mol. The van der Waals surface area contributed by atoms with E-state index in [0.717, 1.165) is 10.6 Å². The third-order valence-electron chi connectivity index (χ3n) is 2.81. The summed E-state index contributed by atoms with van der Waals surface area (Å²) in [5.74, 6) is 0. The lowest BCUT2D eigenvalue weighted by atomic mass is 10.1. The predicted octanol–water partition coefficient (Wildman–Crippen LogP) is 5.13. The van der Waals surface area contributed by atoms with Crippen molar-refractivity contribution in [3.63, 3.8) is 0 Å². The third kappa shape index (κ3) is 3.41. The van der Waals surface area contributed by atoms with Crippen LogP contribution in [0.4, 0.5) is 0 Å². The number of halogens is 3. The van der Waals surface area contributed by atoms with Gasteiger partial charge in [0.05, 0.1) is 15.6 Å². The van der Waals surface area contributed by atoms with Crippen LogP contribution in [-0.2, 0) is 12.1 Å². The number of rotatable bonds is 4. The molecule has 0 atom stereocenters. The molecule has 1 heterocycles. The zero-order chi connectivity index (χ0) is 14.0. The Labute approximate surface area is 131 Å². The normalized spacial score (nSPS) is 11.8. The highest BCUT2D eigenvalue weighted by atomic mass is 35.5. The van der Waals surface area contributed by atoms with Gasteiger partial charge < -0.3 is 5.32 Å². The molecule has 1 aromatic carbocycles. The van der Waals surface area contributed by atoms with Gasteiger partial charge in [0, 0.05) is 28.7 Å². The SMILES string of the molecule is CC(C)(NCc1c(Cl)ccc(Cl)c1Cl)c1nccs1. The van der Waals surface area contributed by atoms with Crippen molar-refractivity contribution in [1.29, 1.82) is 0 Å². The Bertz CT molecular complexity index is 568. The van der Waals surface area contributed by atoms with E-state index in [1.165, 1.54) is 0 Å². The van der Waals surface area contributed by atoms with Gasteiger partial charge in [-0.05, 0) is 26.0 Å². The molecule has 0 aliphatic rings. The van der Waals surface area contributed by atoms with Crippen molar-refractivity contribution >= 4 is 46.1 Å². The molecule has 19 heavy (non-hydrogen) atoms. The maximum absolute atomic E-state index is 6.18. The molecule has 0 aliphatic carbocycles. The lowest BCUT2D eigenvalue weighted by molar-refractivity contribution is 0.399. The molecule has 0 amide bonds. The largest absolute Gasteiger partial charge is 0.302 e. The Hall–Kier alpha value is -0.320. The van der Waals surface area contributed by atoms with E-state index < -0.39 is 0 Å². The summed E-state index contributed by atoms with van der Waals surface area (Å²) in [6.07, 6.45) is 1.79. The monoisotopic (exact) mass is 334 g/mol. The molecular weight excluding hydrogens is 323 g/mol. The quantitative estimate of drug-likeness (QED) is 0.784. The van der Waals surface area contributed by atoms with Crippen molar-refractivity contribution < 1.29 is 0 Å². The molecule has 0 saturated heterocycles. The number of thiazole rings is 1. The first-order valence-electron chi connectivity index (χ1n) is 5.69. The molecule has 1 N–H and O–H groups in total. The summed E-state index contributed by atoms with van der Waals surface area (Å²) >= 11 is 20.0. The summed E-state index contributed by atoms with van der Waals surface area (Å²) in [5, 5.41) is 7.99. The highest BCUT2D eigenvalue weighted by Crippen LogP contribution is 2.32. The van der Waals surface area contributed by atoms with Crippen molar-refractivity contribution in [3.05, 3.63) is 49.3 Å². The summed E-state index contributed by atoms with van der Waals surface area (Å²) in [4.78, 5) is 4.33. The van der Waals surface area contributed by atoms with Crippen molar-refractivity contribution in [2.75, 3.05) is 0 Å². The van der Waals surface area contributed by atoms with Gasteiger partial charge in [-0.1, -0.05) is 34.8 Å². The van der Waals surface area contributed by atoms with Crippen LogP contribution in [0.25, 0.3) is 0 Å². The maximum Gasteiger partial charge on any atom is 0.112 e. The molecule has 0 spiro atoms. The van der Waals surface area contributed by atoms with Crippen LogP contribution in [0, 0.1) is 0 Å². The molecule has 0 radical (unpaired) electrons. The molecule has 0 fully saturated rings. The second kappa shape index (κ2) is 5.98. The molecule has 2 nitrogen and oxygen atoms in total. The number of nitrogens with one attached hydrogen (secondary N) is 1. The van der Waals surface area contributed by atoms with Crippen LogP contribution in [0.1, 0.15) is 24.4 Å². The molecular formula is C13H13Cl3N2S. The van der Waals surface area contributed by atoms with Crippen LogP contribution in [0.5, 0.6) is 0 Å². The lowest BCUT2D eigenvalue weighted by Gasteiger charge is -2.24. The van der Waals surface area contributed by atoms with Crippen molar-refractivity contribution in [3.8, 4) is 0 Å². The fraction of sp³-hybridized carbons (Fsp3) is 0.308. The lowest BCUT2D eigenvalue weighted by Crippen LogP contribution is -2.36. The Morgan fingerprint density at radius 1 is 1.21 bits per heavy atom. The minimum absolute atomic E-state index is 0.247. The average molecular weight is 336 g/mol. The molecule has 2 rings (SSSR count). The van der Waals surface area contributed by atoms with Gasteiger partial charge in [-0.25, -0.2) is 4.98 Å². The highest BCUT2D eigenvalue weighted by Gasteiger charge is 2.23. The number of aromatic nitrogens is 1. The second-order valence-corrected chi connectivity index (χ2v) is 6.72. The molecule has 0 aliphatic heterocycles. The summed E-state index contributed by atoms with van der Waals surface area (Å²) in [7, 11) is 0. The van der Waals surface area contributed by atoms with Gasteiger partial charge in [0.2, 0.25) is 0 Å². The van der Waals surface area contributed by atoms with E-state index in [2.05, 4.69) is 24.1 Å². The van der Waals surface area contributed by atoms with Crippen LogP contribution in [0.3, 0.4) is 0 Å². The van der Waals surface area contributed by atoms with Crippen molar-refractivity contribution in [1.82, 2.24) is 10.3 Å². The van der Waals surface area contributed by atoms with Gasteiger partial charge in [0.15, 0.2) is 0 Å². The summed E-state index contributed by atoms with van der Waals surface area (Å²) in [6, 6.07) is 3.45. The number of hydrogen-bond donors (Lipinski definition) is 1. The van der Waals surface area contributed by atoms with Crippen LogP contribution < -0.4 is 5.32 Å². The van der Waals surface area contributed by atoms with E-state index >= 15 is 0 Å². The standard InChI is InChI=1S/C13H13Cl3N2S/c1-13(2,12-17-5-6-19-12)18-7-8-9(14)3-4-10(15)11(8)16/h3-6,18H,7H2,1-2H3. The van der Waals surface area contributed by atoms with Crippen molar-refractivity contribution in [2.45, 2.75) is 25.9 Å². The molecule has 0 bridgehead atoms. The fourth-order valence-electron chi connectivity index (χ4n) is 1.65. The maximum atomic E-state index is 6.18. The van der Waals surface area contributed by atoms with Gasteiger partial charge in [-0.15, -0.1) is 11.3 Å². The van der Waals surface area contributed by atoms with Crippen molar-refractivity contribution in [2.24, 2.45) is 0 Å². The van der Waals surface area contributed by atoms with Gasteiger partial charge in [-0.3, -0.25) is 0 Å². The first-order valence-corrected chi connectivity index (χ1v) is 7.70. The third-order valence-corrected chi connectivity index (χ3v) is 5.11. The van der Waals surface area contributed by atoms with Gasteiger partial charge >= 0.3 is 0 Å². The van der Waals surface area contributed by atoms with Gasteiger partial charge in [0.1, 0.15) is 5.01 Å². The molecule has 0 unspecified atom stereocenters. The molecule has 0 saturated carbocycles. The van der Waals surface area contributed by atoms with Gasteiger partial charge in [-0.2, -0.15) is 0 Å². The van der Waals surface area contributed by atoms with E-state index in [-0.39, 0.29) is 5.54 Å². The number of benzene rings is 1. The fourth-order valence-corrected chi connectivity index (χ4v) is 3.07. The Balaban J connectivity index is 2.18. The second-order valence-electron chi connectivity index (χ2n) is 4.64. The van der Waals surface area contributed by atoms with E-state index in [9.17, 15) is 0 Å². The summed E-state index contributed by atoms with van der Waals surface area (Å²) < 4.78 is 0. The van der Waals surface area contributed by atoms with Crippen LogP contribution in [0.15, 0.2) is 23.7 Å². The Morgan fingerprint density at radius 3 is 2.53 bits per heavy atom. The molecule has 2 aromatic rings. The van der Waals surface area contributed by atoms with E-state index in [0.29, 0.717) is 21.6 Å². The highest BCUT2D eigenvalue weighted by molar-refractivity contribution is 7.09. The smallest absolute Gasteiger partial charge is 0.112 e. The zero-order valence-corrected chi connectivity index (χ0v) is 13.6. The van der Waals surface area contributed by atoms with Crippen LogP contribution >= 0.6 is 46.1 Å². The minimum atomic E-state index is -0.247. The minimum Gasteiger partial charge on any atom is -0.302 e. The Kier molecular flexibility index (Phi) is 4.75. The first-order chi connectivity index (χ1) is 8.92.